The lowest BCUT2D eigenvalue weighted by molar-refractivity contribution is -0.159. The number of rotatable bonds is 5. The molecule has 1 unspecified atom stereocenters. The second-order valence-electron chi connectivity index (χ2n) is 6.62. The lowest BCUT2D eigenvalue weighted by Gasteiger charge is -2.29. The fourth-order valence-electron chi connectivity index (χ4n) is 3.25. The van der Waals surface area contributed by atoms with Gasteiger partial charge in [0.2, 0.25) is 5.95 Å². The zero-order valence-electron chi connectivity index (χ0n) is 15.2. The Morgan fingerprint density at radius 1 is 1.47 bits per heavy atom. The lowest BCUT2D eigenvalue weighted by atomic mass is 10.1. The molecule has 16 heteroatoms. The third-order valence-corrected chi connectivity index (χ3v) is 5.58. The number of carbonyl (C=O) groups excluding carboxylic acids is 1. The van der Waals surface area contributed by atoms with Crippen LogP contribution >= 0.6 is 7.82 Å². The molecule has 2 fully saturated rings. The lowest BCUT2D eigenvalue weighted by Crippen LogP contribution is -2.42. The number of nitrogens with two attached hydrogens (primary N) is 1. The van der Waals surface area contributed by atoms with Crippen LogP contribution in [0.4, 0.5) is 5.95 Å². The Morgan fingerprint density at radius 2 is 2.23 bits per heavy atom. The number of carboxylic acids is 1. The number of nitrogens with one attached hydrogen (secondary N) is 1. The molecule has 5 N–H and O–H groups in total. The molecule has 0 bridgehead atoms. The first kappa shape index (κ1) is 20.7. The number of carbonyl (C=O) groups is 2. The monoisotopic (exact) mass is 440 g/mol. The van der Waals surface area contributed by atoms with Crippen molar-refractivity contribution in [3.05, 3.63) is 16.7 Å². The molecule has 14 nitrogen and oxygen atoms in total. The minimum atomic E-state index is -3.67. The molecule has 2 aliphatic heterocycles. The molecule has 0 aromatic carbocycles. The molecule has 2 aromatic heterocycles. The van der Waals surface area contributed by atoms with Gasteiger partial charge in [0, 0.05) is 0 Å². The Hall–Kier alpha value is -2.58. The summed E-state index contributed by atoms with van der Waals surface area (Å²) in [5.41, 5.74) is 5.06. The molecule has 30 heavy (non-hydrogen) atoms. The topological polar surface area (TPSA) is 201 Å². The molecule has 2 aliphatic rings. The van der Waals surface area contributed by atoms with E-state index in [2.05, 4.69) is 15.0 Å². The molecule has 5 atom stereocenters. The molecule has 4 rings (SSSR count). The van der Waals surface area contributed by atoms with Gasteiger partial charge in [0.05, 0.1) is 19.2 Å². The van der Waals surface area contributed by atoms with Crippen LogP contribution in [0.25, 0.3) is 11.2 Å². The molecule has 0 aliphatic carbocycles. The number of nitrogens with zero attached hydrogens (tertiary/aromatic N) is 3. The van der Waals surface area contributed by atoms with Crippen LogP contribution in [-0.4, -0.2) is 73.9 Å². The molecular formula is C14H16BN5O9P+. The van der Waals surface area contributed by atoms with Crippen molar-refractivity contribution >= 4 is 44.4 Å². The Balaban J connectivity index is 1.69. The van der Waals surface area contributed by atoms with Gasteiger partial charge in [-0.1, -0.05) is 0 Å². The highest BCUT2D eigenvalue weighted by Crippen LogP contribution is 2.59. The first-order valence-corrected chi connectivity index (χ1v) is 10.3. The van der Waals surface area contributed by atoms with E-state index in [0.717, 1.165) is 0 Å². The highest BCUT2D eigenvalue weighted by atomic mass is 31.2. The van der Waals surface area contributed by atoms with Crippen molar-refractivity contribution in [3.8, 4) is 0 Å². The van der Waals surface area contributed by atoms with E-state index < -0.39 is 62.7 Å². The number of aromatic nitrogens is 4. The normalized spacial score (nSPS) is 30.8. The number of carboxylic acid groups (broad SMARTS) is 1. The van der Waals surface area contributed by atoms with Crippen molar-refractivity contribution in [3.63, 3.8) is 0 Å². The van der Waals surface area contributed by atoms with E-state index in [1.165, 1.54) is 10.9 Å². The van der Waals surface area contributed by atoms with Gasteiger partial charge in [-0.3, -0.25) is 23.9 Å². The number of esters is 1. The Bertz CT molecular complexity index is 1060. The van der Waals surface area contributed by atoms with Crippen LogP contribution in [0.2, 0.25) is 0 Å². The summed E-state index contributed by atoms with van der Waals surface area (Å²) in [5, 5.41) is 8.77. The third-order valence-electron chi connectivity index (χ3n) is 4.52. The van der Waals surface area contributed by atoms with E-state index in [4.69, 9.17) is 36.9 Å². The third kappa shape index (κ3) is 3.89. The predicted molar refractivity (Wildman–Crippen MR) is 98.9 cm³/mol. The summed E-state index contributed by atoms with van der Waals surface area (Å²) >= 11 is 0. The molecular weight excluding hydrogens is 424 g/mol. The second kappa shape index (κ2) is 7.59. The maximum atomic E-state index is 12.2. The predicted octanol–water partition coefficient (Wildman–Crippen LogP) is -1.37. The SMILES string of the molecule is [B][P+]1(O)OC[C@H]2O[C@@H](n3cnc4c(=O)[nH]c(N)nc43)[C@@H](OC(=O)CCC(=O)O)[C@H]2O1. The summed E-state index contributed by atoms with van der Waals surface area (Å²) in [6.45, 7) is -0.145. The van der Waals surface area contributed by atoms with Gasteiger partial charge in [-0.2, -0.15) is 14.0 Å². The molecule has 2 radical (unpaired) electrons. The van der Waals surface area contributed by atoms with Gasteiger partial charge in [-0.15, -0.1) is 0 Å². The average molecular weight is 440 g/mol. The van der Waals surface area contributed by atoms with Gasteiger partial charge in [-0.25, -0.2) is 9.88 Å². The van der Waals surface area contributed by atoms with Crippen LogP contribution in [0.3, 0.4) is 0 Å². The number of hydrogen-bond donors (Lipinski definition) is 4. The largest absolute Gasteiger partial charge is 0.488 e. The molecule has 0 spiro atoms. The van der Waals surface area contributed by atoms with Crippen molar-refractivity contribution in [1.29, 1.82) is 0 Å². The zero-order chi connectivity index (χ0) is 21.6. The minimum absolute atomic E-state index is 0.0291. The number of hydrogen-bond acceptors (Lipinski definition) is 11. The summed E-state index contributed by atoms with van der Waals surface area (Å²) in [6, 6.07) is 0. The molecule has 4 heterocycles. The number of nitrogen functional groups attached to an aromatic ring is 1. The number of H-pyrrole nitrogens is 1. The van der Waals surface area contributed by atoms with Gasteiger partial charge in [0.1, 0.15) is 12.7 Å². The summed E-state index contributed by atoms with van der Waals surface area (Å²) in [6.07, 6.45) is -3.65. The van der Waals surface area contributed by atoms with E-state index in [-0.39, 0.29) is 23.7 Å². The first-order chi connectivity index (χ1) is 14.1. The van der Waals surface area contributed by atoms with Crippen LogP contribution in [-0.2, 0) is 28.1 Å². The van der Waals surface area contributed by atoms with Gasteiger partial charge in [-0.05, 0) is 0 Å². The van der Waals surface area contributed by atoms with Gasteiger partial charge < -0.3 is 20.3 Å². The van der Waals surface area contributed by atoms with Crippen LogP contribution in [0.1, 0.15) is 19.1 Å². The molecule has 0 saturated carbocycles. The van der Waals surface area contributed by atoms with Crippen molar-refractivity contribution in [2.75, 3.05) is 12.3 Å². The van der Waals surface area contributed by atoms with Gasteiger partial charge in [0.15, 0.2) is 29.6 Å². The zero-order valence-corrected chi connectivity index (χ0v) is 16.1. The van der Waals surface area contributed by atoms with E-state index >= 15 is 0 Å². The van der Waals surface area contributed by atoms with Crippen molar-refractivity contribution in [2.45, 2.75) is 37.4 Å². The first-order valence-electron chi connectivity index (χ1n) is 8.67. The number of anilines is 1. The number of ether oxygens (including phenoxy) is 2. The van der Waals surface area contributed by atoms with Crippen LogP contribution in [0.5, 0.6) is 0 Å². The van der Waals surface area contributed by atoms with Gasteiger partial charge in [0.25, 0.3) is 5.56 Å². The van der Waals surface area contributed by atoms with E-state index in [9.17, 15) is 19.3 Å². The van der Waals surface area contributed by atoms with E-state index in [1.807, 2.05) is 0 Å². The van der Waals surface area contributed by atoms with Crippen LogP contribution in [0.15, 0.2) is 11.1 Å². The highest BCUT2D eigenvalue weighted by Gasteiger charge is 2.59. The smallest absolute Gasteiger partial charge is 0.481 e. The minimum Gasteiger partial charge on any atom is -0.481 e. The Kier molecular flexibility index (Phi) is 5.24. The second-order valence-corrected chi connectivity index (χ2v) is 8.22. The number of fused-ring (bicyclic) bond motifs is 2. The standard InChI is InChI=1S/C14H16BN5O9P/c15-30(25)26-3-5-9(29-30)10(28-7(23)2-1-6(21)22)13(27-5)20-4-17-8-11(20)18-14(16)19-12(8)24/h4-5,9-10,13,25H,1-3H2,(H,21,22)(H3,16,18,19,24)/q+1/t5-,9+,10+,13-,30?/m1/s1. The van der Waals surface area contributed by atoms with Crippen molar-refractivity contribution in [2.24, 2.45) is 0 Å². The van der Waals surface area contributed by atoms with Crippen molar-refractivity contribution in [1.82, 2.24) is 19.5 Å². The fourth-order valence-corrected chi connectivity index (χ4v) is 4.28. The number of aromatic amines is 1. The summed E-state index contributed by atoms with van der Waals surface area (Å²) in [4.78, 5) is 55.3. The molecule has 2 saturated heterocycles. The summed E-state index contributed by atoms with van der Waals surface area (Å²) < 4.78 is 23.1. The number of aliphatic carboxylic acids is 1. The van der Waals surface area contributed by atoms with Crippen LogP contribution in [0, 0.1) is 0 Å². The molecule has 0 amide bonds. The van der Waals surface area contributed by atoms with Crippen molar-refractivity contribution < 1.29 is 38.1 Å². The molecule has 2 aromatic rings. The maximum absolute atomic E-state index is 12.2. The average Bonchev–Trinajstić information content (AvgIpc) is 3.21. The van der Waals surface area contributed by atoms with Crippen LogP contribution < -0.4 is 11.3 Å². The van der Waals surface area contributed by atoms with E-state index in [1.54, 1.807) is 0 Å². The maximum Gasteiger partial charge on any atom is 0.488 e. The summed E-state index contributed by atoms with van der Waals surface area (Å²) in [5.74, 6) is -2.17. The summed E-state index contributed by atoms with van der Waals surface area (Å²) in [7, 11) is 1.91. The Morgan fingerprint density at radius 3 is 2.97 bits per heavy atom. The number of imidazole rings is 1. The quantitative estimate of drug-likeness (QED) is 0.242. The fraction of sp³-hybridized carbons (Fsp3) is 0.500. The molecule has 158 valence electrons. The highest BCUT2D eigenvalue weighted by molar-refractivity contribution is 7.85. The van der Waals surface area contributed by atoms with E-state index in [0.29, 0.717) is 0 Å². The Labute approximate surface area is 169 Å². The van der Waals surface area contributed by atoms with Gasteiger partial charge >= 0.3 is 27.3 Å².